The van der Waals surface area contributed by atoms with E-state index < -0.39 is 6.04 Å². The molecule has 0 aromatic heterocycles. The number of nitrogens with one attached hydrogen (secondary N) is 2. The molecule has 1 aliphatic heterocycles. The van der Waals surface area contributed by atoms with Gasteiger partial charge in [-0.3, -0.25) is 14.9 Å². The number of nitriles is 1. The van der Waals surface area contributed by atoms with Crippen molar-refractivity contribution in [1.29, 1.82) is 5.26 Å². The number of imide groups is 1. The van der Waals surface area contributed by atoms with Gasteiger partial charge in [0, 0.05) is 5.69 Å². The Labute approximate surface area is 98.4 Å². The lowest BCUT2D eigenvalue weighted by molar-refractivity contribution is -0.124. The maximum absolute atomic E-state index is 11.4. The van der Waals surface area contributed by atoms with Crippen molar-refractivity contribution in [2.45, 2.75) is 19.4 Å². The van der Waals surface area contributed by atoms with Crippen molar-refractivity contribution in [2.24, 2.45) is 0 Å². The number of carbonyl (C=O) groups is 2. The van der Waals surface area contributed by atoms with Crippen molar-refractivity contribution in [3.63, 3.8) is 0 Å². The molecule has 1 aliphatic rings. The third-order valence-electron chi connectivity index (χ3n) is 2.67. The summed E-state index contributed by atoms with van der Waals surface area (Å²) < 4.78 is 0. The summed E-state index contributed by atoms with van der Waals surface area (Å²) in [5, 5.41) is 14.0. The molecule has 1 fully saturated rings. The van der Waals surface area contributed by atoms with Crippen molar-refractivity contribution in [2.75, 3.05) is 5.32 Å². The molecule has 1 heterocycles. The van der Waals surface area contributed by atoms with E-state index in [1.807, 2.05) is 13.0 Å². The Balaban J connectivity index is 2.21. The quantitative estimate of drug-likeness (QED) is 0.731. The van der Waals surface area contributed by atoms with Gasteiger partial charge in [0.2, 0.25) is 11.8 Å². The number of anilines is 1. The molecule has 86 valence electrons. The monoisotopic (exact) mass is 229 g/mol. The fraction of sp³-hybridized carbons (Fsp3) is 0.250. The van der Waals surface area contributed by atoms with Gasteiger partial charge in [0.05, 0.1) is 18.1 Å². The molecule has 17 heavy (non-hydrogen) atoms. The number of hydrogen-bond donors (Lipinski definition) is 2. The fourth-order valence-corrected chi connectivity index (χ4v) is 1.70. The fourth-order valence-electron chi connectivity index (χ4n) is 1.70. The lowest BCUT2D eigenvalue weighted by Gasteiger charge is -2.13. The summed E-state index contributed by atoms with van der Waals surface area (Å²) in [5.41, 5.74) is 2.15. The van der Waals surface area contributed by atoms with E-state index >= 15 is 0 Å². The first-order chi connectivity index (χ1) is 8.10. The molecule has 2 amide bonds. The Hall–Kier alpha value is -2.35. The first kappa shape index (κ1) is 11.1. The minimum absolute atomic E-state index is 0.134. The van der Waals surface area contributed by atoms with Gasteiger partial charge in [-0.15, -0.1) is 0 Å². The zero-order chi connectivity index (χ0) is 12.4. The first-order valence-corrected chi connectivity index (χ1v) is 5.21. The third kappa shape index (κ3) is 2.26. The second kappa shape index (κ2) is 4.26. The van der Waals surface area contributed by atoms with E-state index in [-0.39, 0.29) is 18.2 Å². The normalized spacial score (nSPS) is 18.7. The molecule has 0 radical (unpaired) electrons. The summed E-state index contributed by atoms with van der Waals surface area (Å²) in [7, 11) is 0. The number of nitrogens with zero attached hydrogens (tertiary/aromatic N) is 1. The average molecular weight is 229 g/mol. The van der Waals surface area contributed by atoms with Gasteiger partial charge < -0.3 is 5.32 Å². The number of aryl methyl sites for hydroxylation is 1. The number of amides is 2. The predicted octanol–water partition coefficient (Wildman–Crippen LogP) is 0.694. The van der Waals surface area contributed by atoms with E-state index in [2.05, 4.69) is 10.6 Å². The Bertz CT molecular complexity index is 531. The van der Waals surface area contributed by atoms with Gasteiger partial charge in [-0.2, -0.15) is 5.26 Å². The zero-order valence-corrected chi connectivity index (χ0v) is 9.28. The summed E-state index contributed by atoms with van der Waals surface area (Å²) in [5.74, 6) is -0.599. The standard InChI is InChI=1S/C12H11N3O2/c1-7-2-3-8(6-13)4-9(7)14-10-5-11(16)15-12(10)17/h2-4,10,14H,5H2,1H3,(H,15,16,17). The molecule has 1 atom stereocenters. The highest BCUT2D eigenvalue weighted by Crippen LogP contribution is 2.19. The van der Waals surface area contributed by atoms with Crippen LogP contribution in [-0.4, -0.2) is 17.9 Å². The van der Waals surface area contributed by atoms with Gasteiger partial charge in [0.25, 0.3) is 0 Å². The van der Waals surface area contributed by atoms with Crippen molar-refractivity contribution in [3.05, 3.63) is 29.3 Å². The van der Waals surface area contributed by atoms with E-state index in [0.717, 1.165) is 5.56 Å². The number of benzene rings is 1. The van der Waals surface area contributed by atoms with Crippen LogP contribution < -0.4 is 10.6 Å². The van der Waals surface area contributed by atoms with E-state index in [9.17, 15) is 9.59 Å². The molecule has 5 heteroatoms. The highest BCUT2D eigenvalue weighted by atomic mass is 16.2. The topological polar surface area (TPSA) is 82.0 Å². The van der Waals surface area contributed by atoms with Crippen molar-refractivity contribution < 1.29 is 9.59 Å². The molecular weight excluding hydrogens is 218 g/mol. The average Bonchev–Trinajstić information content (AvgIpc) is 2.60. The molecule has 2 rings (SSSR count). The van der Waals surface area contributed by atoms with Crippen LogP contribution in [0.5, 0.6) is 0 Å². The molecular formula is C12H11N3O2. The SMILES string of the molecule is Cc1ccc(C#N)cc1NC1CC(=O)NC1=O. The Morgan fingerprint density at radius 2 is 2.24 bits per heavy atom. The molecule has 1 aromatic rings. The summed E-state index contributed by atoms with van der Waals surface area (Å²) in [6.07, 6.45) is 0.134. The molecule has 5 nitrogen and oxygen atoms in total. The Morgan fingerprint density at radius 3 is 2.82 bits per heavy atom. The van der Waals surface area contributed by atoms with Crippen LogP contribution in [0.4, 0.5) is 5.69 Å². The Morgan fingerprint density at radius 1 is 1.47 bits per heavy atom. The minimum Gasteiger partial charge on any atom is -0.373 e. The van der Waals surface area contributed by atoms with Crippen LogP contribution in [0, 0.1) is 18.3 Å². The predicted molar refractivity (Wildman–Crippen MR) is 61.1 cm³/mol. The molecule has 1 saturated heterocycles. The van der Waals surface area contributed by atoms with Crippen LogP contribution >= 0.6 is 0 Å². The highest BCUT2D eigenvalue weighted by Gasteiger charge is 2.30. The molecule has 0 spiro atoms. The van der Waals surface area contributed by atoms with Crippen LogP contribution in [0.1, 0.15) is 17.5 Å². The van der Waals surface area contributed by atoms with Gasteiger partial charge in [0.1, 0.15) is 6.04 Å². The van der Waals surface area contributed by atoms with Gasteiger partial charge in [-0.05, 0) is 24.6 Å². The molecule has 2 N–H and O–H groups in total. The molecule has 0 bridgehead atoms. The van der Waals surface area contributed by atoms with Gasteiger partial charge in [-0.1, -0.05) is 6.07 Å². The van der Waals surface area contributed by atoms with E-state index in [1.54, 1.807) is 18.2 Å². The number of rotatable bonds is 2. The summed E-state index contributed by atoms with van der Waals surface area (Å²) in [6.45, 7) is 1.87. The number of hydrogen-bond acceptors (Lipinski definition) is 4. The van der Waals surface area contributed by atoms with Crippen LogP contribution in [0.15, 0.2) is 18.2 Å². The minimum atomic E-state index is -0.546. The summed E-state index contributed by atoms with van der Waals surface area (Å²) in [4.78, 5) is 22.4. The van der Waals surface area contributed by atoms with Crippen LogP contribution in [0.25, 0.3) is 0 Å². The van der Waals surface area contributed by atoms with E-state index in [0.29, 0.717) is 11.3 Å². The lowest BCUT2D eigenvalue weighted by Crippen LogP contribution is -2.30. The molecule has 1 unspecified atom stereocenters. The van der Waals surface area contributed by atoms with Gasteiger partial charge >= 0.3 is 0 Å². The smallest absolute Gasteiger partial charge is 0.249 e. The lowest BCUT2D eigenvalue weighted by atomic mass is 10.1. The largest absolute Gasteiger partial charge is 0.373 e. The number of carbonyl (C=O) groups excluding carboxylic acids is 2. The van der Waals surface area contributed by atoms with Crippen LogP contribution in [0.3, 0.4) is 0 Å². The zero-order valence-electron chi connectivity index (χ0n) is 9.28. The third-order valence-corrected chi connectivity index (χ3v) is 2.67. The highest BCUT2D eigenvalue weighted by molar-refractivity contribution is 6.06. The summed E-state index contributed by atoms with van der Waals surface area (Å²) in [6, 6.07) is 6.67. The molecule has 0 aliphatic carbocycles. The second-order valence-corrected chi connectivity index (χ2v) is 3.95. The van der Waals surface area contributed by atoms with Gasteiger partial charge in [-0.25, -0.2) is 0 Å². The van der Waals surface area contributed by atoms with E-state index in [1.165, 1.54) is 0 Å². The molecule has 0 saturated carbocycles. The van der Waals surface area contributed by atoms with Crippen molar-refractivity contribution in [1.82, 2.24) is 5.32 Å². The van der Waals surface area contributed by atoms with Gasteiger partial charge in [0.15, 0.2) is 0 Å². The van der Waals surface area contributed by atoms with Crippen LogP contribution in [-0.2, 0) is 9.59 Å². The second-order valence-electron chi connectivity index (χ2n) is 3.95. The Kier molecular flexibility index (Phi) is 2.79. The summed E-state index contributed by atoms with van der Waals surface area (Å²) >= 11 is 0. The van der Waals surface area contributed by atoms with Crippen molar-refractivity contribution in [3.8, 4) is 6.07 Å². The van der Waals surface area contributed by atoms with Crippen LogP contribution in [0.2, 0.25) is 0 Å². The van der Waals surface area contributed by atoms with E-state index in [4.69, 9.17) is 5.26 Å². The molecule has 1 aromatic carbocycles. The first-order valence-electron chi connectivity index (χ1n) is 5.21. The maximum Gasteiger partial charge on any atom is 0.249 e. The maximum atomic E-state index is 11.4. The van der Waals surface area contributed by atoms with Crippen molar-refractivity contribution >= 4 is 17.5 Å².